The van der Waals surface area contributed by atoms with Crippen LogP contribution in [0.3, 0.4) is 0 Å². The van der Waals surface area contributed by atoms with Crippen LogP contribution in [0.2, 0.25) is 5.02 Å². The van der Waals surface area contributed by atoms with Crippen molar-refractivity contribution in [2.75, 3.05) is 0 Å². The van der Waals surface area contributed by atoms with E-state index in [0.717, 1.165) is 5.56 Å². The topological polar surface area (TPSA) is 119 Å². The van der Waals surface area contributed by atoms with Crippen LogP contribution in [0.1, 0.15) is 53.5 Å². The van der Waals surface area contributed by atoms with Gasteiger partial charge in [0, 0.05) is 22.9 Å². The van der Waals surface area contributed by atoms with Crippen LogP contribution in [0, 0.1) is 25.7 Å². The van der Waals surface area contributed by atoms with Gasteiger partial charge in [-0.25, -0.2) is 15.8 Å². The summed E-state index contributed by atoms with van der Waals surface area (Å²) in [7, 11) is 0. The quantitative estimate of drug-likeness (QED) is 0.211. The van der Waals surface area contributed by atoms with Gasteiger partial charge in [-0.1, -0.05) is 41.6 Å². The minimum absolute atomic E-state index is 0.140. The SMILES string of the molecule is Cc1ccc(C(=O)N(N)C(=O)c2c(C)cccc2Cl)cc1C#Cc1ccc(C(N)=O)nc1. The molecular weight excluding hydrogens is 428 g/mol. The first-order chi connectivity index (χ1) is 15.2. The second-order valence-electron chi connectivity index (χ2n) is 6.99. The summed E-state index contributed by atoms with van der Waals surface area (Å²) in [6.45, 7) is 3.55. The third kappa shape index (κ3) is 4.83. The van der Waals surface area contributed by atoms with Crippen molar-refractivity contribution in [1.29, 1.82) is 0 Å². The predicted molar refractivity (Wildman–Crippen MR) is 121 cm³/mol. The van der Waals surface area contributed by atoms with Gasteiger partial charge in [0.25, 0.3) is 17.7 Å². The van der Waals surface area contributed by atoms with E-state index in [2.05, 4.69) is 16.8 Å². The van der Waals surface area contributed by atoms with E-state index in [1.165, 1.54) is 12.3 Å². The smallest absolute Gasteiger partial charge is 0.276 e. The van der Waals surface area contributed by atoms with Crippen LogP contribution in [0.15, 0.2) is 54.7 Å². The number of hydrogen-bond acceptors (Lipinski definition) is 5. The molecule has 0 saturated carbocycles. The zero-order chi connectivity index (χ0) is 23.4. The van der Waals surface area contributed by atoms with Crippen molar-refractivity contribution in [3.63, 3.8) is 0 Å². The van der Waals surface area contributed by atoms with Gasteiger partial charge in [-0.3, -0.25) is 14.4 Å². The summed E-state index contributed by atoms with van der Waals surface area (Å²) in [5, 5.41) is 0.757. The van der Waals surface area contributed by atoms with Crippen molar-refractivity contribution in [2.24, 2.45) is 11.6 Å². The van der Waals surface area contributed by atoms with Crippen LogP contribution in [-0.4, -0.2) is 27.7 Å². The van der Waals surface area contributed by atoms with Gasteiger partial charge in [0.05, 0.1) is 10.6 Å². The van der Waals surface area contributed by atoms with E-state index in [4.69, 9.17) is 23.2 Å². The van der Waals surface area contributed by atoms with E-state index in [-0.39, 0.29) is 21.8 Å². The standard InChI is InChI=1S/C24H19ClN4O3/c1-14-6-9-18(12-17(14)10-7-16-8-11-20(22(26)30)28-13-16)23(31)29(27)24(32)21-15(2)4-3-5-19(21)25/h3-6,8-9,11-13H,27H2,1-2H3,(H2,26,30). The lowest BCUT2D eigenvalue weighted by atomic mass is 10.0. The zero-order valence-electron chi connectivity index (χ0n) is 17.3. The predicted octanol–water partition coefficient (Wildman–Crippen LogP) is 3.01. The molecule has 1 aromatic heterocycles. The third-order valence-electron chi connectivity index (χ3n) is 4.72. The number of aromatic nitrogens is 1. The van der Waals surface area contributed by atoms with Crippen LogP contribution in [0.4, 0.5) is 0 Å². The number of halogens is 1. The summed E-state index contributed by atoms with van der Waals surface area (Å²) >= 11 is 6.13. The Kier molecular flexibility index (Phi) is 6.69. The summed E-state index contributed by atoms with van der Waals surface area (Å²) in [5.41, 5.74) is 8.26. The van der Waals surface area contributed by atoms with Crippen LogP contribution in [0.5, 0.6) is 0 Å². The molecule has 1 heterocycles. The number of imide groups is 1. The molecule has 160 valence electrons. The van der Waals surface area contributed by atoms with E-state index in [9.17, 15) is 14.4 Å². The molecule has 2 aromatic carbocycles. The number of nitrogens with zero attached hydrogens (tertiary/aromatic N) is 2. The highest BCUT2D eigenvalue weighted by Crippen LogP contribution is 2.21. The van der Waals surface area contributed by atoms with Crippen LogP contribution in [-0.2, 0) is 0 Å². The molecule has 7 nitrogen and oxygen atoms in total. The molecule has 0 atom stereocenters. The van der Waals surface area contributed by atoms with Gasteiger partial charge in [0.1, 0.15) is 5.69 Å². The van der Waals surface area contributed by atoms with Crippen LogP contribution in [0.25, 0.3) is 0 Å². The third-order valence-corrected chi connectivity index (χ3v) is 5.03. The summed E-state index contributed by atoms with van der Waals surface area (Å²) in [4.78, 5) is 40.7. The first-order valence-corrected chi connectivity index (χ1v) is 9.84. The molecule has 0 aliphatic rings. The average molecular weight is 447 g/mol. The summed E-state index contributed by atoms with van der Waals surface area (Å²) < 4.78 is 0. The molecule has 3 aromatic rings. The molecule has 8 heteroatoms. The fourth-order valence-electron chi connectivity index (χ4n) is 2.90. The maximum absolute atomic E-state index is 12.9. The number of carbonyl (C=O) groups excluding carboxylic acids is 3. The maximum atomic E-state index is 12.9. The van der Waals surface area contributed by atoms with Gasteiger partial charge < -0.3 is 5.73 Å². The number of hydrogen-bond donors (Lipinski definition) is 2. The van der Waals surface area contributed by atoms with Crippen LogP contribution < -0.4 is 11.6 Å². The van der Waals surface area contributed by atoms with E-state index in [1.54, 1.807) is 49.4 Å². The van der Waals surface area contributed by atoms with Crippen molar-refractivity contribution in [2.45, 2.75) is 13.8 Å². The van der Waals surface area contributed by atoms with E-state index in [0.29, 0.717) is 21.7 Å². The zero-order valence-corrected chi connectivity index (χ0v) is 18.1. The second kappa shape index (κ2) is 9.43. The first-order valence-electron chi connectivity index (χ1n) is 9.46. The Hall–Kier alpha value is -3.99. The molecule has 0 aliphatic carbocycles. The Morgan fingerprint density at radius 1 is 0.969 bits per heavy atom. The van der Waals surface area contributed by atoms with Gasteiger partial charge in [-0.15, -0.1) is 0 Å². The lowest BCUT2D eigenvalue weighted by molar-refractivity contribution is 0.0615. The van der Waals surface area contributed by atoms with E-state index in [1.807, 2.05) is 6.92 Å². The molecule has 0 radical (unpaired) electrons. The molecule has 0 fully saturated rings. The van der Waals surface area contributed by atoms with Crippen molar-refractivity contribution in [3.8, 4) is 11.8 Å². The summed E-state index contributed by atoms with van der Waals surface area (Å²) in [6, 6.07) is 12.9. The highest BCUT2D eigenvalue weighted by Gasteiger charge is 2.24. The first kappa shape index (κ1) is 22.7. The largest absolute Gasteiger partial charge is 0.364 e. The Labute approximate surface area is 190 Å². The normalized spacial score (nSPS) is 10.1. The van der Waals surface area contributed by atoms with Crippen LogP contribution >= 0.6 is 11.6 Å². The molecule has 3 rings (SSSR count). The number of pyridine rings is 1. The monoisotopic (exact) mass is 446 g/mol. The molecule has 0 unspecified atom stereocenters. The average Bonchev–Trinajstić information content (AvgIpc) is 2.77. The van der Waals surface area contributed by atoms with Crippen molar-refractivity contribution in [3.05, 3.63) is 98.8 Å². The van der Waals surface area contributed by atoms with Gasteiger partial charge >= 0.3 is 0 Å². The molecule has 0 spiro atoms. The molecular formula is C24H19ClN4O3. The minimum atomic E-state index is -0.702. The highest BCUT2D eigenvalue weighted by molar-refractivity contribution is 6.34. The molecule has 4 N–H and O–H groups in total. The number of primary amides is 1. The number of hydrazine groups is 1. The summed E-state index contributed by atoms with van der Waals surface area (Å²) in [6.07, 6.45) is 1.43. The summed E-state index contributed by atoms with van der Waals surface area (Å²) in [5.74, 6) is 9.72. The lowest BCUT2D eigenvalue weighted by Gasteiger charge is -2.17. The fraction of sp³-hybridized carbons (Fsp3) is 0.0833. The number of nitrogens with two attached hydrogens (primary N) is 2. The molecule has 0 aliphatic heterocycles. The number of amides is 3. The van der Waals surface area contributed by atoms with Crippen molar-refractivity contribution < 1.29 is 14.4 Å². The van der Waals surface area contributed by atoms with Crippen molar-refractivity contribution in [1.82, 2.24) is 9.99 Å². The van der Waals surface area contributed by atoms with Gasteiger partial charge in [-0.2, -0.15) is 0 Å². The fourth-order valence-corrected chi connectivity index (χ4v) is 3.20. The number of rotatable bonds is 3. The lowest BCUT2D eigenvalue weighted by Crippen LogP contribution is -2.43. The van der Waals surface area contributed by atoms with Gasteiger partial charge in [-0.05, 0) is 55.3 Å². The van der Waals surface area contributed by atoms with E-state index >= 15 is 0 Å². The Bertz CT molecular complexity index is 1270. The van der Waals surface area contributed by atoms with Gasteiger partial charge in [0.15, 0.2) is 0 Å². The Morgan fingerprint density at radius 3 is 2.34 bits per heavy atom. The van der Waals surface area contributed by atoms with Crippen molar-refractivity contribution >= 4 is 29.3 Å². The minimum Gasteiger partial charge on any atom is -0.364 e. The number of benzene rings is 2. The number of carbonyl (C=O) groups is 3. The Morgan fingerprint density at radius 2 is 1.72 bits per heavy atom. The molecule has 32 heavy (non-hydrogen) atoms. The number of aryl methyl sites for hydroxylation is 2. The maximum Gasteiger partial charge on any atom is 0.276 e. The molecule has 3 amide bonds. The molecule has 0 saturated heterocycles. The molecule has 0 bridgehead atoms. The highest BCUT2D eigenvalue weighted by atomic mass is 35.5. The van der Waals surface area contributed by atoms with E-state index < -0.39 is 17.7 Å². The Balaban J connectivity index is 1.87. The van der Waals surface area contributed by atoms with Gasteiger partial charge in [0.2, 0.25) is 0 Å². The second-order valence-corrected chi connectivity index (χ2v) is 7.40.